The molecule has 2 aliphatic rings. The van der Waals surface area contributed by atoms with E-state index in [9.17, 15) is 4.79 Å². The van der Waals surface area contributed by atoms with E-state index < -0.39 is 5.60 Å². The standard InChI is InChI=1S/C24H34N4O4/c1-24(2,3)32-23(29)28-14-8-12-20(28)19-11-5-6-13-27(19)16-21-25-26-22(31-21)17-9-7-10-18(15-17)30-4/h7,9-10,15,19-20H,5-6,8,11-14,16H2,1-4H3. The first-order valence-electron chi connectivity index (χ1n) is 11.5. The SMILES string of the molecule is COc1cccc(-c2nnc(CN3CCCCC3C3CCCN3C(=O)OC(C)(C)C)o2)c1. The van der Waals surface area contributed by atoms with Gasteiger partial charge in [-0.3, -0.25) is 4.90 Å². The summed E-state index contributed by atoms with van der Waals surface area (Å²) in [6.07, 6.45) is 5.16. The van der Waals surface area contributed by atoms with Crippen molar-refractivity contribution in [1.29, 1.82) is 0 Å². The Kier molecular flexibility index (Phi) is 6.69. The lowest BCUT2D eigenvalue weighted by atomic mass is 9.94. The fourth-order valence-corrected chi connectivity index (χ4v) is 4.75. The molecule has 0 bridgehead atoms. The highest BCUT2D eigenvalue weighted by Crippen LogP contribution is 2.32. The van der Waals surface area contributed by atoms with Crippen LogP contribution in [0.3, 0.4) is 0 Å². The first-order valence-corrected chi connectivity index (χ1v) is 11.5. The zero-order valence-electron chi connectivity index (χ0n) is 19.5. The third kappa shape index (κ3) is 5.23. The van der Waals surface area contributed by atoms with Crippen LogP contribution in [0.1, 0.15) is 58.8 Å². The Morgan fingerprint density at radius 1 is 1.12 bits per heavy atom. The van der Waals surface area contributed by atoms with E-state index in [1.54, 1.807) is 7.11 Å². The van der Waals surface area contributed by atoms with Crippen LogP contribution in [-0.2, 0) is 11.3 Å². The molecule has 174 valence electrons. The van der Waals surface area contributed by atoms with Gasteiger partial charge in [0.15, 0.2) is 0 Å². The van der Waals surface area contributed by atoms with Crippen LogP contribution in [-0.4, -0.2) is 64.0 Å². The molecule has 1 aromatic carbocycles. The van der Waals surface area contributed by atoms with Crippen molar-refractivity contribution in [1.82, 2.24) is 20.0 Å². The number of piperidine rings is 1. The predicted octanol–water partition coefficient (Wildman–Crippen LogP) is 4.50. The van der Waals surface area contributed by atoms with Crippen LogP contribution in [0, 0.1) is 0 Å². The van der Waals surface area contributed by atoms with Gasteiger partial charge in [0.2, 0.25) is 11.8 Å². The number of nitrogens with zero attached hydrogens (tertiary/aromatic N) is 4. The van der Waals surface area contributed by atoms with E-state index in [-0.39, 0.29) is 18.2 Å². The second-order valence-electron chi connectivity index (χ2n) is 9.65. The van der Waals surface area contributed by atoms with E-state index in [0.717, 1.165) is 50.1 Å². The molecular weight excluding hydrogens is 408 g/mol. The van der Waals surface area contributed by atoms with E-state index in [1.807, 2.05) is 49.9 Å². The molecule has 2 aromatic rings. The van der Waals surface area contributed by atoms with Gasteiger partial charge in [0, 0.05) is 18.2 Å². The molecule has 4 rings (SSSR count). The summed E-state index contributed by atoms with van der Waals surface area (Å²) < 4.78 is 17.0. The summed E-state index contributed by atoms with van der Waals surface area (Å²) in [5.41, 5.74) is 0.349. The lowest BCUT2D eigenvalue weighted by Crippen LogP contribution is -2.53. The molecule has 0 saturated carbocycles. The van der Waals surface area contributed by atoms with Gasteiger partial charge in [0.1, 0.15) is 11.4 Å². The van der Waals surface area contributed by atoms with Gasteiger partial charge in [-0.1, -0.05) is 12.5 Å². The normalized spacial score (nSPS) is 22.2. The number of rotatable bonds is 5. The Morgan fingerprint density at radius 3 is 2.72 bits per heavy atom. The molecule has 2 aliphatic heterocycles. The summed E-state index contributed by atoms with van der Waals surface area (Å²) in [6, 6.07) is 8.04. The molecule has 0 N–H and O–H groups in total. The van der Waals surface area contributed by atoms with Crippen LogP contribution in [0.4, 0.5) is 4.79 Å². The Labute approximate surface area is 189 Å². The van der Waals surface area contributed by atoms with Crippen LogP contribution >= 0.6 is 0 Å². The van der Waals surface area contributed by atoms with Gasteiger partial charge in [-0.05, 0) is 71.2 Å². The minimum absolute atomic E-state index is 0.158. The first-order chi connectivity index (χ1) is 15.3. The van der Waals surface area contributed by atoms with Crippen molar-refractivity contribution in [3.05, 3.63) is 30.2 Å². The summed E-state index contributed by atoms with van der Waals surface area (Å²) >= 11 is 0. The van der Waals surface area contributed by atoms with E-state index in [0.29, 0.717) is 18.3 Å². The van der Waals surface area contributed by atoms with Crippen LogP contribution < -0.4 is 4.74 Å². The zero-order chi connectivity index (χ0) is 22.7. The Bertz CT molecular complexity index is 923. The Hall–Kier alpha value is -2.61. The van der Waals surface area contributed by atoms with Crippen molar-refractivity contribution in [2.24, 2.45) is 0 Å². The van der Waals surface area contributed by atoms with Gasteiger partial charge in [0.25, 0.3) is 0 Å². The number of carbonyl (C=O) groups is 1. The van der Waals surface area contributed by atoms with E-state index in [2.05, 4.69) is 15.1 Å². The molecule has 2 fully saturated rings. The van der Waals surface area contributed by atoms with Crippen molar-refractivity contribution in [2.75, 3.05) is 20.2 Å². The third-order valence-electron chi connectivity index (χ3n) is 6.16. The molecule has 0 aliphatic carbocycles. The molecule has 2 unspecified atom stereocenters. The molecule has 2 atom stereocenters. The monoisotopic (exact) mass is 442 g/mol. The lowest BCUT2D eigenvalue weighted by Gasteiger charge is -2.41. The number of ether oxygens (including phenoxy) is 2. The number of hydrogen-bond donors (Lipinski definition) is 0. The maximum absolute atomic E-state index is 12.8. The minimum Gasteiger partial charge on any atom is -0.497 e. The van der Waals surface area contributed by atoms with Crippen LogP contribution in [0.25, 0.3) is 11.5 Å². The number of amides is 1. The Morgan fingerprint density at radius 2 is 1.94 bits per heavy atom. The fourth-order valence-electron chi connectivity index (χ4n) is 4.75. The van der Waals surface area contributed by atoms with Gasteiger partial charge in [-0.2, -0.15) is 0 Å². The summed E-state index contributed by atoms with van der Waals surface area (Å²) in [5.74, 6) is 1.84. The predicted molar refractivity (Wildman–Crippen MR) is 120 cm³/mol. The average molecular weight is 443 g/mol. The molecule has 32 heavy (non-hydrogen) atoms. The molecule has 2 saturated heterocycles. The van der Waals surface area contributed by atoms with Gasteiger partial charge in [-0.25, -0.2) is 4.79 Å². The number of benzene rings is 1. The van der Waals surface area contributed by atoms with Gasteiger partial charge in [0.05, 0.1) is 19.7 Å². The first kappa shape index (κ1) is 22.6. The molecule has 8 heteroatoms. The molecule has 3 heterocycles. The van der Waals surface area contributed by atoms with E-state index in [4.69, 9.17) is 13.9 Å². The second kappa shape index (κ2) is 9.48. The lowest BCUT2D eigenvalue weighted by molar-refractivity contribution is 0.00540. The quantitative estimate of drug-likeness (QED) is 0.674. The number of carbonyl (C=O) groups excluding carboxylic acids is 1. The highest BCUT2D eigenvalue weighted by atomic mass is 16.6. The van der Waals surface area contributed by atoms with Gasteiger partial charge < -0.3 is 18.8 Å². The zero-order valence-corrected chi connectivity index (χ0v) is 19.5. The van der Waals surface area contributed by atoms with E-state index >= 15 is 0 Å². The maximum atomic E-state index is 12.8. The van der Waals surface area contributed by atoms with Crippen LogP contribution in [0.2, 0.25) is 0 Å². The fraction of sp³-hybridized carbons (Fsp3) is 0.625. The molecule has 1 amide bonds. The second-order valence-corrected chi connectivity index (χ2v) is 9.65. The number of hydrogen-bond acceptors (Lipinski definition) is 7. The number of aromatic nitrogens is 2. The van der Waals surface area contributed by atoms with E-state index in [1.165, 1.54) is 6.42 Å². The van der Waals surface area contributed by atoms with Crippen molar-refractivity contribution < 1.29 is 18.7 Å². The summed E-state index contributed by atoms with van der Waals surface area (Å²) in [7, 11) is 1.64. The van der Waals surface area contributed by atoms with Gasteiger partial charge >= 0.3 is 6.09 Å². The summed E-state index contributed by atoms with van der Waals surface area (Å²) in [4.78, 5) is 17.2. The van der Waals surface area contributed by atoms with Crippen molar-refractivity contribution in [3.63, 3.8) is 0 Å². The molecule has 0 spiro atoms. The topological polar surface area (TPSA) is 80.9 Å². The highest BCUT2D eigenvalue weighted by Gasteiger charge is 2.40. The molecule has 1 aromatic heterocycles. The van der Waals surface area contributed by atoms with Crippen molar-refractivity contribution in [3.8, 4) is 17.2 Å². The summed E-state index contributed by atoms with van der Waals surface area (Å²) in [5, 5.41) is 8.55. The third-order valence-corrected chi connectivity index (χ3v) is 6.16. The van der Waals surface area contributed by atoms with Crippen LogP contribution in [0.5, 0.6) is 5.75 Å². The summed E-state index contributed by atoms with van der Waals surface area (Å²) in [6.45, 7) is 8.04. The van der Waals surface area contributed by atoms with Gasteiger partial charge in [-0.15, -0.1) is 10.2 Å². The van der Waals surface area contributed by atoms with Crippen LogP contribution in [0.15, 0.2) is 28.7 Å². The average Bonchev–Trinajstić information content (AvgIpc) is 3.43. The smallest absolute Gasteiger partial charge is 0.410 e. The maximum Gasteiger partial charge on any atom is 0.410 e. The van der Waals surface area contributed by atoms with Crippen molar-refractivity contribution in [2.45, 2.75) is 77.1 Å². The highest BCUT2D eigenvalue weighted by molar-refractivity contribution is 5.69. The molecule has 8 nitrogen and oxygen atoms in total. The van der Waals surface area contributed by atoms with Crippen molar-refractivity contribution >= 4 is 6.09 Å². The molecule has 0 radical (unpaired) electrons. The Balaban J connectivity index is 1.47. The minimum atomic E-state index is -0.489. The number of likely N-dealkylation sites (tertiary alicyclic amines) is 2. The largest absolute Gasteiger partial charge is 0.497 e. The number of methoxy groups -OCH3 is 1. The molecular formula is C24H34N4O4.